The number of carbonyl (C=O) groups is 2. The van der Waals surface area contributed by atoms with Crippen molar-refractivity contribution in [2.24, 2.45) is 0 Å². The number of rotatable bonds is 9. The molecular formula is C18H28N2O2. The van der Waals surface area contributed by atoms with Crippen molar-refractivity contribution in [3.8, 4) is 0 Å². The van der Waals surface area contributed by atoms with E-state index in [1.807, 2.05) is 0 Å². The number of carbonyl (C=O) groups excluding carboxylic acids is 2. The fourth-order valence-corrected chi connectivity index (χ4v) is 2.96. The van der Waals surface area contributed by atoms with Gasteiger partial charge in [-0.1, -0.05) is 12.8 Å². The van der Waals surface area contributed by atoms with E-state index >= 15 is 0 Å². The summed E-state index contributed by atoms with van der Waals surface area (Å²) < 4.78 is 0. The summed E-state index contributed by atoms with van der Waals surface area (Å²) in [5.74, 6) is 0.519. The highest BCUT2D eigenvalue weighted by Crippen LogP contribution is 2.13. The van der Waals surface area contributed by atoms with Gasteiger partial charge in [0.05, 0.1) is 0 Å². The number of ketones is 2. The van der Waals surface area contributed by atoms with Crippen molar-refractivity contribution >= 4 is 11.6 Å². The molecule has 0 aromatic heterocycles. The third-order valence-corrected chi connectivity index (χ3v) is 4.22. The van der Waals surface area contributed by atoms with Crippen LogP contribution in [0.15, 0.2) is 23.5 Å². The number of unbranched alkanes of at least 4 members (excludes halogenated alkanes) is 3. The summed E-state index contributed by atoms with van der Waals surface area (Å²) in [4.78, 5) is 22.6. The Bertz CT molecular complexity index is 410. The number of hydrogen-bond donors (Lipinski definition) is 2. The van der Waals surface area contributed by atoms with Crippen LogP contribution in [0.5, 0.6) is 0 Å². The Morgan fingerprint density at radius 1 is 0.682 bits per heavy atom. The molecule has 0 unspecified atom stereocenters. The first-order valence-corrected chi connectivity index (χ1v) is 8.68. The Hall–Kier alpha value is -1.58. The van der Waals surface area contributed by atoms with E-state index in [0.717, 1.165) is 63.0 Å². The molecule has 0 saturated carbocycles. The van der Waals surface area contributed by atoms with Gasteiger partial charge in [-0.25, -0.2) is 0 Å². The summed E-state index contributed by atoms with van der Waals surface area (Å²) >= 11 is 0. The SMILES string of the molecule is O=C1C=C(NCCCCCCNC2=CC(=O)CCC2)CCC1. The maximum Gasteiger partial charge on any atom is 0.157 e. The van der Waals surface area contributed by atoms with E-state index in [-0.39, 0.29) is 11.6 Å². The Balaban J connectivity index is 1.44. The molecule has 0 heterocycles. The van der Waals surface area contributed by atoms with E-state index in [2.05, 4.69) is 10.6 Å². The Kier molecular flexibility index (Phi) is 7.20. The predicted octanol–water partition coefficient (Wildman–Crippen LogP) is 3.00. The standard InChI is InChI=1S/C18H28N2O2/c21-17-9-5-7-15(13-17)19-11-3-1-2-4-12-20-16-8-6-10-18(22)14-16/h13-14,19-20H,1-12H2. The highest BCUT2D eigenvalue weighted by Gasteiger charge is 2.09. The molecule has 0 spiro atoms. The predicted molar refractivity (Wildman–Crippen MR) is 88.4 cm³/mol. The van der Waals surface area contributed by atoms with Gasteiger partial charge in [-0.2, -0.15) is 0 Å². The highest BCUT2D eigenvalue weighted by atomic mass is 16.1. The Morgan fingerprint density at radius 2 is 1.14 bits per heavy atom. The minimum absolute atomic E-state index is 0.260. The summed E-state index contributed by atoms with van der Waals surface area (Å²) in [7, 11) is 0. The van der Waals surface area contributed by atoms with Crippen molar-refractivity contribution in [3.63, 3.8) is 0 Å². The van der Waals surface area contributed by atoms with Crippen molar-refractivity contribution in [3.05, 3.63) is 23.5 Å². The lowest BCUT2D eigenvalue weighted by Gasteiger charge is -2.15. The quantitative estimate of drug-likeness (QED) is 0.643. The molecule has 0 bridgehead atoms. The molecule has 0 aliphatic heterocycles. The van der Waals surface area contributed by atoms with Crippen LogP contribution in [0.4, 0.5) is 0 Å². The van der Waals surface area contributed by atoms with E-state index in [0.29, 0.717) is 12.8 Å². The molecule has 2 N–H and O–H groups in total. The molecule has 0 amide bonds. The van der Waals surface area contributed by atoms with Crippen LogP contribution in [0.25, 0.3) is 0 Å². The first-order valence-electron chi connectivity index (χ1n) is 8.68. The van der Waals surface area contributed by atoms with Crippen molar-refractivity contribution in [1.29, 1.82) is 0 Å². The molecule has 22 heavy (non-hydrogen) atoms. The van der Waals surface area contributed by atoms with Gasteiger partial charge in [-0.3, -0.25) is 9.59 Å². The van der Waals surface area contributed by atoms with Gasteiger partial charge in [0.2, 0.25) is 0 Å². The van der Waals surface area contributed by atoms with Gasteiger partial charge < -0.3 is 10.6 Å². The van der Waals surface area contributed by atoms with Crippen LogP contribution >= 0.6 is 0 Å². The molecule has 0 aromatic carbocycles. The molecule has 4 heteroatoms. The van der Waals surface area contributed by atoms with Crippen molar-refractivity contribution in [1.82, 2.24) is 10.6 Å². The molecule has 0 fully saturated rings. The van der Waals surface area contributed by atoms with Gasteiger partial charge in [0, 0.05) is 49.5 Å². The van der Waals surface area contributed by atoms with Gasteiger partial charge in [-0.15, -0.1) is 0 Å². The first kappa shape index (κ1) is 16.8. The van der Waals surface area contributed by atoms with E-state index < -0.39 is 0 Å². The van der Waals surface area contributed by atoms with Crippen LogP contribution in [0.2, 0.25) is 0 Å². The molecule has 0 saturated heterocycles. The van der Waals surface area contributed by atoms with Crippen molar-refractivity contribution in [2.45, 2.75) is 64.2 Å². The normalized spacial score (nSPS) is 18.7. The van der Waals surface area contributed by atoms with Crippen LogP contribution < -0.4 is 10.6 Å². The maximum absolute atomic E-state index is 11.3. The van der Waals surface area contributed by atoms with E-state index in [1.165, 1.54) is 12.8 Å². The molecule has 0 aromatic rings. The van der Waals surface area contributed by atoms with Gasteiger partial charge in [0.25, 0.3) is 0 Å². The van der Waals surface area contributed by atoms with Gasteiger partial charge in [0.15, 0.2) is 11.6 Å². The average Bonchev–Trinajstić information content (AvgIpc) is 2.50. The van der Waals surface area contributed by atoms with Crippen molar-refractivity contribution < 1.29 is 9.59 Å². The minimum atomic E-state index is 0.260. The molecule has 0 radical (unpaired) electrons. The molecule has 122 valence electrons. The molecule has 2 rings (SSSR count). The fourth-order valence-electron chi connectivity index (χ4n) is 2.96. The third-order valence-electron chi connectivity index (χ3n) is 4.22. The molecule has 0 atom stereocenters. The van der Waals surface area contributed by atoms with Crippen LogP contribution in [0.1, 0.15) is 64.2 Å². The average molecular weight is 304 g/mol. The largest absolute Gasteiger partial charge is 0.388 e. The fraction of sp³-hybridized carbons (Fsp3) is 0.667. The van der Waals surface area contributed by atoms with Crippen LogP contribution in [0.3, 0.4) is 0 Å². The maximum atomic E-state index is 11.3. The Labute approximate surface area is 133 Å². The van der Waals surface area contributed by atoms with Crippen LogP contribution in [0, 0.1) is 0 Å². The second-order valence-electron chi connectivity index (χ2n) is 6.25. The molecule has 4 nitrogen and oxygen atoms in total. The minimum Gasteiger partial charge on any atom is -0.388 e. The van der Waals surface area contributed by atoms with E-state index in [1.54, 1.807) is 12.2 Å². The lowest BCUT2D eigenvalue weighted by molar-refractivity contribution is -0.115. The second kappa shape index (κ2) is 9.44. The summed E-state index contributed by atoms with van der Waals surface area (Å²) in [6.07, 6.45) is 13.7. The van der Waals surface area contributed by atoms with Crippen LogP contribution in [-0.4, -0.2) is 24.7 Å². The number of hydrogen-bond acceptors (Lipinski definition) is 4. The molecular weight excluding hydrogens is 276 g/mol. The van der Waals surface area contributed by atoms with E-state index in [4.69, 9.17) is 0 Å². The topological polar surface area (TPSA) is 58.2 Å². The number of allylic oxidation sites excluding steroid dienone is 4. The second-order valence-corrected chi connectivity index (χ2v) is 6.25. The van der Waals surface area contributed by atoms with Gasteiger partial charge in [0.1, 0.15) is 0 Å². The molecule has 2 aliphatic carbocycles. The zero-order chi connectivity index (χ0) is 15.6. The van der Waals surface area contributed by atoms with Gasteiger partial charge in [-0.05, 0) is 38.5 Å². The van der Waals surface area contributed by atoms with Crippen LogP contribution in [-0.2, 0) is 9.59 Å². The monoisotopic (exact) mass is 304 g/mol. The lowest BCUT2D eigenvalue weighted by atomic mass is 10.0. The highest BCUT2D eigenvalue weighted by molar-refractivity contribution is 5.91. The number of nitrogens with one attached hydrogen (secondary N) is 2. The van der Waals surface area contributed by atoms with Crippen molar-refractivity contribution in [2.75, 3.05) is 13.1 Å². The summed E-state index contributed by atoms with van der Waals surface area (Å²) in [5, 5.41) is 6.76. The smallest absolute Gasteiger partial charge is 0.157 e. The lowest BCUT2D eigenvalue weighted by Crippen LogP contribution is -2.19. The first-order chi connectivity index (χ1) is 10.7. The Morgan fingerprint density at radius 3 is 1.55 bits per heavy atom. The molecule has 2 aliphatic rings. The zero-order valence-corrected chi connectivity index (χ0v) is 13.5. The summed E-state index contributed by atoms with van der Waals surface area (Å²) in [6, 6.07) is 0. The summed E-state index contributed by atoms with van der Waals surface area (Å²) in [6.45, 7) is 1.93. The summed E-state index contributed by atoms with van der Waals surface area (Å²) in [5.41, 5.74) is 2.23. The zero-order valence-electron chi connectivity index (χ0n) is 13.5. The van der Waals surface area contributed by atoms with Gasteiger partial charge >= 0.3 is 0 Å². The van der Waals surface area contributed by atoms with E-state index in [9.17, 15) is 9.59 Å². The third kappa shape index (κ3) is 6.46.